The fourth-order valence-electron chi connectivity index (χ4n) is 3.16. The Morgan fingerprint density at radius 1 is 1.00 bits per heavy atom. The highest BCUT2D eigenvalue weighted by atomic mass is 16.5. The second-order valence-corrected chi connectivity index (χ2v) is 6.21. The molecular formula is C20H25N3O3. The number of hydrogen-bond donors (Lipinski definition) is 0. The minimum Gasteiger partial charge on any atom is -0.480 e. The molecule has 1 saturated heterocycles. The normalized spacial score (nSPS) is 14.3. The van der Waals surface area contributed by atoms with E-state index in [0.717, 1.165) is 38.4 Å². The zero-order valence-corrected chi connectivity index (χ0v) is 15.6. The van der Waals surface area contributed by atoms with Crippen LogP contribution < -0.4 is 14.5 Å². The van der Waals surface area contributed by atoms with Crippen LogP contribution in [0.4, 0.5) is 11.5 Å². The van der Waals surface area contributed by atoms with Crippen molar-refractivity contribution < 1.29 is 14.3 Å². The van der Waals surface area contributed by atoms with Crippen molar-refractivity contribution in [2.75, 3.05) is 50.2 Å². The Bertz CT molecular complexity index is 753. The topological polar surface area (TPSA) is 54.9 Å². The summed E-state index contributed by atoms with van der Waals surface area (Å²) in [5.74, 6) is 0.670. The van der Waals surface area contributed by atoms with Gasteiger partial charge in [0.1, 0.15) is 11.4 Å². The van der Waals surface area contributed by atoms with Gasteiger partial charge in [0.05, 0.1) is 14.2 Å². The highest BCUT2D eigenvalue weighted by Crippen LogP contribution is 2.24. The summed E-state index contributed by atoms with van der Waals surface area (Å²) in [5.41, 5.74) is 2.95. The molecule has 0 saturated carbocycles. The minimum absolute atomic E-state index is 0.298. The van der Waals surface area contributed by atoms with E-state index in [0.29, 0.717) is 11.4 Å². The summed E-state index contributed by atoms with van der Waals surface area (Å²) in [5, 5.41) is 0. The van der Waals surface area contributed by atoms with E-state index >= 15 is 0 Å². The molecule has 0 atom stereocenters. The summed E-state index contributed by atoms with van der Waals surface area (Å²) in [4.78, 5) is 20.8. The van der Waals surface area contributed by atoms with Crippen LogP contribution in [0, 0.1) is 0 Å². The number of carbonyl (C=O) groups is 1. The first-order valence-corrected chi connectivity index (χ1v) is 8.88. The third-order valence-electron chi connectivity index (χ3n) is 4.76. The molecule has 1 aliphatic heterocycles. The number of nitrogens with zero attached hydrogens (tertiary/aromatic N) is 3. The molecule has 0 N–H and O–H groups in total. The van der Waals surface area contributed by atoms with E-state index in [1.807, 2.05) is 6.07 Å². The highest BCUT2D eigenvalue weighted by molar-refractivity contribution is 5.92. The van der Waals surface area contributed by atoms with Gasteiger partial charge < -0.3 is 19.3 Å². The van der Waals surface area contributed by atoms with Gasteiger partial charge in [-0.15, -0.1) is 0 Å². The molecule has 0 radical (unpaired) electrons. The van der Waals surface area contributed by atoms with E-state index in [1.165, 1.54) is 25.5 Å². The Labute approximate surface area is 154 Å². The van der Waals surface area contributed by atoms with E-state index in [9.17, 15) is 4.79 Å². The van der Waals surface area contributed by atoms with Gasteiger partial charge in [-0.25, -0.2) is 4.79 Å². The fourth-order valence-corrected chi connectivity index (χ4v) is 3.16. The molecule has 1 fully saturated rings. The van der Waals surface area contributed by atoms with Crippen molar-refractivity contribution in [2.45, 2.75) is 13.3 Å². The van der Waals surface area contributed by atoms with Crippen molar-refractivity contribution in [2.24, 2.45) is 0 Å². The van der Waals surface area contributed by atoms with Crippen LogP contribution in [0.5, 0.6) is 5.88 Å². The molecule has 6 nitrogen and oxygen atoms in total. The predicted molar refractivity (Wildman–Crippen MR) is 102 cm³/mol. The van der Waals surface area contributed by atoms with Gasteiger partial charge in [0.2, 0.25) is 5.88 Å². The number of piperazine rings is 1. The van der Waals surface area contributed by atoms with Crippen molar-refractivity contribution in [1.29, 1.82) is 0 Å². The first-order chi connectivity index (χ1) is 12.7. The summed E-state index contributed by atoms with van der Waals surface area (Å²) >= 11 is 0. The van der Waals surface area contributed by atoms with Gasteiger partial charge >= 0.3 is 5.97 Å². The number of rotatable bonds is 5. The first kappa shape index (κ1) is 18.0. The maximum absolute atomic E-state index is 11.8. The molecule has 26 heavy (non-hydrogen) atoms. The lowest BCUT2D eigenvalue weighted by molar-refractivity contribution is 0.0596. The minimum atomic E-state index is -0.443. The molecule has 1 aliphatic rings. The summed E-state index contributed by atoms with van der Waals surface area (Å²) < 4.78 is 10.0. The number of anilines is 2. The predicted octanol–water partition coefficient (Wildman–Crippen LogP) is 2.77. The summed E-state index contributed by atoms with van der Waals surface area (Å²) in [6.07, 6.45) is 1.06. The fraction of sp³-hybridized carbons (Fsp3) is 0.400. The maximum atomic E-state index is 11.8. The molecule has 2 aromatic rings. The third-order valence-corrected chi connectivity index (χ3v) is 4.76. The van der Waals surface area contributed by atoms with Crippen LogP contribution in [0.2, 0.25) is 0 Å². The molecular weight excluding hydrogens is 330 g/mol. The third kappa shape index (κ3) is 3.74. The Balaban J connectivity index is 1.68. The number of methoxy groups -OCH3 is 2. The Morgan fingerprint density at radius 3 is 2.23 bits per heavy atom. The number of pyridine rings is 1. The molecule has 1 aromatic heterocycles. The van der Waals surface area contributed by atoms with Crippen molar-refractivity contribution in [3.8, 4) is 5.88 Å². The Kier molecular flexibility index (Phi) is 5.61. The van der Waals surface area contributed by atoms with E-state index in [-0.39, 0.29) is 0 Å². The van der Waals surface area contributed by atoms with Crippen molar-refractivity contribution in [3.63, 3.8) is 0 Å². The lowest BCUT2D eigenvalue weighted by Gasteiger charge is -2.37. The van der Waals surface area contributed by atoms with Crippen LogP contribution in [0.1, 0.15) is 22.8 Å². The quantitative estimate of drug-likeness (QED) is 0.769. The van der Waals surface area contributed by atoms with Crippen molar-refractivity contribution >= 4 is 17.5 Å². The average Bonchev–Trinajstić information content (AvgIpc) is 2.73. The molecule has 0 unspecified atom stereocenters. The number of ether oxygens (including phenoxy) is 2. The summed E-state index contributed by atoms with van der Waals surface area (Å²) in [7, 11) is 2.86. The number of carbonyl (C=O) groups excluding carboxylic acids is 1. The van der Waals surface area contributed by atoms with E-state index in [4.69, 9.17) is 9.47 Å². The zero-order chi connectivity index (χ0) is 18.5. The molecule has 0 aliphatic carbocycles. The monoisotopic (exact) mass is 355 g/mol. The lowest BCUT2D eigenvalue weighted by atomic mass is 10.1. The standard InChI is InChI=1S/C20H25N3O3/c1-4-15-5-7-16(8-6-15)22-11-13-23(14-12-22)18-10-9-17(20(24)26-3)19(21-18)25-2/h5-10H,4,11-14H2,1-3H3. The van der Waals surface area contributed by atoms with Gasteiger partial charge in [-0.1, -0.05) is 19.1 Å². The lowest BCUT2D eigenvalue weighted by Crippen LogP contribution is -2.46. The smallest absolute Gasteiger partial charge is 0.343 e. The number of aryl methyl sites for hydroxylation is 1. The van der Waals surface area contributed by atoms with Gasteiger partial charge in [-0.2, -0.15) is 4.98 Å². The highest BCUT2D eigenvalue weighted by Gasteiger charge is 2.21. The molecule has 2 heterocycles. The van der Waals surface area contributed by atoms with Gasteiger partial charge in [-0.3, -0.25) is 0 Å². The molecule has 0 bridgehead atoms. The Morgan fingerprint density at radius 2 is 1.65 bits per heavy atom. The van der Waals surface area contributed by atoms with Gasteiger partial charge in [0.15, 0.2) is 0 Å². The van der Waals surface area contributed by atoms with E-state index in [1.54, 1.807) is 6.07 Å². The molecule has 138 valence electrons. The molecule has 3 rings (SSSR count). The van der Waals surface area contributed by atoms with Crippen molar-refractivity contribution in [1.82, 2.24) is 4.98 Å². The van der Waals surface area contributed by atoms with Crippen LogP contribution in [0.3, 0.4) is 0 Å². The zero-order valence-electron chi connectivity index (χ0n) is 15.6. The van der Waals surface area contributed by atoms with Gasteiger partial charge in [-0.05, 0) is 36.2 Å². The first-order valence-electron chi connectivity index (χ1n) is 8.88. The van der Waals surface area contributed by atoms with Crippen LogP contribution in [-0.2, 0) is 11.2 Å². The number of esters is 1. The van der Waals surface area contributed by atoms with Crippen LogP contribution in [0.15, 0.2) is 36.4 Å². The van der Waals surface area contributed by atoms with Crippen LogP contribution in [-0.4, -0.2) is 51.4 Å². The second-order valence-electron chi connectivity index (χ2n) is 6.21. The molecule has 0 amide bonds. The van der Waals surface area contributed by atoms with E-state index in [2.05, 4.69) is 46.0 Å². The van der Waals surface area contributed by atoms with Crippen molar-refractivity contribution in [3.05, 3.63) is 47.5 Å². The maximum Gasteiger partial charge on any atom is 0.343 e. The van der Waals surface area contributed by atoms with E-state index < -0.39 is 5.97 Å². The molecule has 1 aromatic carbocycles. The largest absolute Gasteiger partial charge is 0.480 e. The summed E-state index contributed by atoms with van der Waals surface area (Å²) in [6, 6.07) is 12.3. The number of aromatic nitrogens is 1. The second kappa shape index (κ2) is 8.08. The SMILES string of the molecule is CCc1ccc(N2CCN(c3ccc(C(=O)OC)c(OC)n3)CC2)cc1. The summed E-state index contributed by atoms with van der Waals surface area (Å²) in [6.45, 7) is 5.75. The molecule has 6 heteroatoms. The average molecular weight is 355 g/mol. The number of hydrogen-bond acceptors (Lipinski definition) is 6. The van der Waals surface area contributed by atoms with Gasteiger partial charge in [0, 0.05) is 31.9 Å². The number of benzene rings is 1. The van der Waals surface area contributed by atoms with Gasteiger partial charge in [0.25, 0.3) is 0 Å². The molecule has 0 spiro atoms. The van der Waals surface area contributed by atoms with Crippen LogP contribution >= 0.6 is 0 Å². The van der Waals surface area contributed by atoms with Crippen LogP contribution in [0.25, 0.3) is 0 Å². The Hall–Kier alpha value is -2.76.